The first kappa shape index (κ1) is 18.7. The van der Waals surface area contributed by atoms with Gasteiger partial charge in [0.15, 0.2) is 0 Å². The van der Waals surface area contributed by atoms with Gasteiger partial charge in [-0.2, -0.15) is 0 Å². The summed E-state index contributed by atoms with van der Waals surface area (Å²) in [5.74, 6) is 0.649. The smallest absolute Gasteiger partial charge is 0.0963 e. The van der Waals surface area contributed by atoms with E-state index in [4.69, 9.17) is 4.74 Å². The molecule has 2 nitrogen and oxygen atoms in total. The molecule has 21 heavy (non-hydrogen) atoms. The van der Waals surface area contributed by atoms with Crippen molar-refractivity contribution in [2.75, 3.05) is 6.54 Å². The maximum absolute atomic E-state index is 6.33. The van der Waals surface area contributed by atoms with Crippen molar-refractivity contribution in [3.63, 3.8) is 0 Å². The van der Waals surface area contributed by atoms with Crippen molar-refractivity contribution >= 4 is 15.9 Å². The highest BCUT2D eigenvalue weighted by Crippen LogP contribution is 2.28. The molecule has 0 amide bonds. The van der Waals surface area contributed by atoms with Gasteiger partial charge >= 0.3 is 0 Å². The van der Waals surface area contributed by atoms with Gasteiger partial charge in [0.1, 0.15) is 0 Å². The van der Waals surface area contributed by atoms with Crippen LogP contribution in [0.15, 0.2) is 28.7 Å². The third kappa shape index (κ3) is 7.44. The van der Waals surface area contributed by atoms with Gasteiger partial charge < -0.3 is 10.1 Å². The van der Waals surface area contributed by atoms with E-state index >= 15 is 0 Å². The van der Waals surface area contributed by atoms with Crippen molar-refractivity contribution in [1.29, 1.82) is 0 Å². The lowest BCUT2D eigenvalue weighted by Crippen LogP contribution is -2.39. The number of halogens is 1. The van der Waals surface area contributed by atoms with Gasteiger partial charge in [0.05, 0.1) is 12.2 Å². The highest BCUT2D eigenvalue weighted by Gasteiger charge is 2.21. The highest BCUT2D eigenvalue weighted by atomic mass is 79.9. The molecule has 0 aliphatic heterocycles. The summed E-state index contributed by atoms with van der Waals surface area (Å²) in [7, 11) is 0. The number of hydrogen-bond acceptors (Lipinski definition) is 2. The third-order valence-electron chi connectivity index (χ3n) is 3.27. The quantitative estimate of drug-likeness (QED) is 0.713. The van der Waals surface area contributed by atoms with Crippen LogP contribution in [0.25, 0.3) is 0 Å². The van der Waals surface area contributed by atoms with E-state index in [1.807, 2.05) is 6.07 Å². The molecule has 0 spiro atoms. The predicted octanol–water partition coefficient (Wildman–Crippen LogP) is 5.33. The summed E-state index contributed by atoms with van der Waals surface area (Å²) in [5, 5.41) is 3.56. The number of hydrogen-bond donors (Lipinski definition) is 1. The summed E-state index contributed by atoms with van der Waals surface area (Å²) in [4.78, 5) is 0. The molecule has 3 heteroatoms. The van der Waals surface area contributed by atoms with Gasteiger partial charge in [-0.25, -0.2) is 0 Å². The maximum atomic E-state index is 6.33. The molecule has 2 atom stereocenters. The molecule has 0 fully saturated rings. The first-order chi connectivity index (χ1) is 9.69. The van der Waals surface area contributed by atoms with Crippen LogP contribution in [0.1, 0.15) is 59.6 Å². The van der Waals surface area contributed by atoms with E-state index in [-0.39, 0.29) is 17.7 Å². The first-order valence-corrected chi connectivity index (χ1v) is 8.63. The summed E-state index contributed by atoms with van der Waals surface area (Å²) in [5.41, 5.74) is 1.30. The molecule has 2 unspecified atom stereocenters. The Hall–Kier alpha value is -0.380. The highest BCUT2D eigenvalue weighted by molar-refractivity contribution is 9.10. The number of benzene rings is 1. The molecule has 1 aromatic rings. The number of nitrogens with one attached hydrogen (secondary N) is 1. The van der Waals surface area contributed by atoms with E-state index in [2.05, 4.69) is 81.0 Å². The lowest BCUT2D eigenvalue weighted by Gasteiger charge is -2.29. The Bertz CT molecular complexity index is 425. The van der Waals surface area contributed by atoms with E-state index in [0.29, 0.717) is 5.92 Å². The summed E-state index contributed by atoms with van der Waals surface area (Å²) >= 11 is 3.65. The molecule has 0 aliphatic carbocycles. The van der Waals surface area contributed by atoms with Crippen LogP contribution in [0, 0.1) is 5.92 Å². The summed E-state index contributed by atoms with van der Waals surface area (Å²) in [6.07, 6.45) is 1.40. The number of rotatable bonds is 7. The minimum atomic E-state index is 0.0635. The average molecular weight is 356 g/mol. The van der Waals surface area contributed by atoms with Crippen LogP contribution in [0.5, 0.6) is 0 Å². The van der Waals surface area contributed by atoms with Crippen molar-refractivity contribution in [3.05, 3.63) is 34.3 Å². The Balaban J connectivity index is 2.82. The zero-order valence-corrected chi connectivity index (χ0v) is 15.8. The molecular formula is C18H30BrNO. The Kier molecular flexibility index (Phi) is 7.38. The van der Waals surface area contributed by atoms with E-state index in [1.165, 1.54) is 5.56 Å². The van der Waals surface area contributed by atoms with Crippen LogP contribution in [0.4, 0.5) is 0 Å². The minimum Gasteiger partial charge on any atom is -0.369 e. The monoisotopic (exact) mass is 355 g/mol. The molecule has 120 valence electrons. The largest absolute Gasteiger partial charge is 0.369 e. The molecule has 1 rings (SSSR count). The fourth-order valence-corrected chi connectivity index (χ4v) is 2.91. The second kappa shape index (κ2) is 8.30. The molecule has 0 radical (unpaired) electrons. The third-order valence-corrected chi connectivity index (χ3v) is 3.99. The fraction of sp³-hybridized carbons (Fsp3) is 0.667. The lowest BCUT2D eigenvalue weighted by atomic mass is 10.0. The SMILES string of the molecule is CC(C)CC(C)OC(CNC(C)(C)C)c1ccccc1Br. The zero-order valence-electron chi connectivity index (χ0n) is 14.2. The zero-order chi connectivity index (χ0) is 16.0. The Morgan fingerprint density at radius 2 is 1.76 bits per heavy atom. The van der Waals surface area contributed by atoms with E-state index < -0.39 is 0 Å². The standard InChI is InChI=1S/C18H30BrNO/c1-13(2)11-14(3)21-17(12-20-18(4,5)6)15-9-7-8-10-16(15)19/h7-10,13-14,17,20H,11-12H2,1-6H3. The minimum absolute atomic E-state index is 0.0635. The van der Waals surface area contributed by atoms with Crippen LogP contribution < -0.4 is 5.32 Å². The first-order valence-electron chi connectivity index (χ1n) is 7.84. The normalized spacial score (nSPS) is 15.2. The number of ether oxygens (including phenoxy) is 1. The maximum Gasteiger partial charge on any atom is 0.0963 e. The second-order valence-electron chi connectivity index (χ2n) is 7.22. The molecule has 0 saturated heterocycles. The molecule has 1 N–H and O–H groups in total. The van der Waals surface area contributed by atoms with Gasteiger partial charge in [-0.3, -0.25) is 0 Å². The van der Waals surface area contributed by atoms with Gasteiger partial charge in [-0.15, -0.1) is 0 Å². The van der Waals surface area contributed by atoms with Crippen LogP contribution in [0.2, 0.25) is 0 Å². The van der Waals surface area contributed by atoms with Gasteiger partial charge in [0, 0.05) is 16.6 Å². The Morgan fingerprint density at radius 3 is 2.29 bits per heavy atom. The molecule has 0 bridgehead atoms. The van der Waals surface area contributed by atoms with Crippen LogP contribution >= 0.6 is 15.9 Å². The van der Waals surface area contributed by atoms with E-state index in [9.17, 15) is 0 Å². The van der Waals surface area contributed by atoms with Crippen LogP contribution in [0.3, 0.4) is 0 Å². The van der Waals surface area contributed by atoms with Crippen LogP contribution in [-0.2, 0) is 4.74 Å². The Morgan fingerprint density at radius 1 is 1.14 bits per heavy atom. The summed E-state index contributed by atoms with van der Waals surface area (Å²) in [6, 6.07) is 8.33. The van der Waals surface area contributed by atoms with Crippen molar-refractivity contribution < 1.29 is 4.74 Å². The molecule has 1 aromatic carbocycles. The second-order valence-corrected chi connectivity index (χ2v) is 8.07. The molecule has 0 saturated carbocycles. The summed E-state index contributed by atoms with van der Waals surface area (Å²) in [6.45, 7) is 14.0. The van der Waals surface area contributed by atoms with E-state index in [1.54, 1.807) is 0 Å². The van der Waals surface area contributed by atoms with Crippen molar-refractivity contribution in [2.24, 2.45) is 5.92 Å². The lowest BCUT2D eigenvalue weighted by molar-refractivity contribution is -0.0155. The van der Waals surface area contributed by atoms with Gasteiger partial charge in [0.2, 0.25) is 0 Å². The van der Waals surface area contributed by atoms with Gasteiger partial charge in [-0.1, -0.05) is 48.0 Å². The van der Waals surface area contributed by atoms with Crippen LogP contribution in [-0.4, -0.2) is 18.2 Å². The molecule has 0 heterocycles. The summed E-state index contributed by atoms with van der Waals surface area (Å²) < 4.78 is 7.44. The van der Waals surface area contributed by atoms with Crippen molar-refractivity contribution in [2.45, 2.75) is 65.7 Å². The van der Waals surface area contributed by atoms with E-state index in [0.717, 1.165) is 17.4 Å². The van der Waals surface area contributed by atoms with Gasteiger partial charge in [0.25, 0.3) is 0 Å². The molecule has 0 aromatic heterocycles. The van der Waals surface area contributed by atoms with Gasteiger partial charge in [-0.05, 0) is 51.7 Å². The topological polar surface area (TPSA) is 21.3 Å². The molecular weight excluding hydrogens is 326 g/mol. The Labute approximate surface area is 138 Å². The molecule has 0 aliphatic rings. The van der Waals surface area contributed by atoms with Crippen molar-refractivity contribution in [1.82, 2.24) is 5.32 Å². The van der Waals surface area contributed by atoms with Crippen molar-refractivity contribution in [3.8, 4) is 0 Å². The average Bonchev–Trinajstić information content (AvgIpc) is 2.33. The predicted molar refractivity (Wildman–Crippen MR) is 94.6 cm³/mol. The fourth-order valence-electron chi connectivity index (χ4n) is 2.37.